The first-order valence-corrected chi connectivity index (χ1v) is 8.30. The highest BCUT2D eigenvalue weighted by Gasteiger charge is 2.33. The van der Waals surface area contributed by atoms with E-state index in [9.17, 15) is 0 Å². The molecule has 1 fully saturated rings. The smallest absolute Gasteiger partial charge is 0.234 e. The van der Waals surface area contributed by atoms with Crippen LogP contribution in [0.3, 0.4) is 0 Å². The summed E-state index contributed by atoms with van der Waals surface area (Å²) < 4.78 is 5.84. The molecule has 0 aromatic carbocycles. The number of nitrogens with zero attached hydrogens (tertiary/aromatic N) is 3. The number of anilines is 1. The van der Waals surface area contributed by atoms with Crippen molar-refractivity contribution in [2.75, 3.05) is 30.8 Å². The molecule has 1 aliphatic heterocycles. The van der Waals surface area contributed by atoms with Crippen molar-refractivity contribution < 1.29 is 4.74 Å². The van der Waals surface area contributed by atoms with Gasteiger partial charge in [0.25, 0.3) is 0 Å². The Kier molecular flexibility index (Phi) is 5.10. The summed E-state index contributed by atoms with van der Waals surface area (Å²) in [5.74, 6) is 1.49. The molecule has 0 radical (unpaired) electrons. The van der Waals surface area contributed by atoms with E-state index in [0.29, 0.717) is 5.88 Å². The molecular formula is C14H24N4OS. The summed E-state index contributed by atoms with van der Waals surface area (Å²) in [5.41, 5.74) is 5.92. The van der Waals surface area contributed by atoms with Gasteiger partial charge in [-0.2, -0.15) is 16.7 Å². The highest BCUT2D eigenvalue weighted by Crippen LogP contribution is 2.34. The second-order valence-corrected chi connectivity index (χ2v) is 6.73. The van der Waals surface area contributed by atoms with Crippen molar-refractivity contribution in [2.24, 2.45) is 5.73 Å². The third-order valence-electron chi connectivity index (χ3n) is 3.76. The van der Waals surface area contributed by atoms with E-state index in [2.05, 4.69) is 21.1 Å². The van der Waals surface area contributed by atoms with Gasteiger partial charge in [-0.1, -0.05) is 0 Å². The van der Waals surface area contributed by atoms with E-state index in [1.165, 1.54) is 0 Å². The summed E-state index contributed by atoms with van der Waals surface area (Å²) in [6.45, 7) is 6.66. The second kappa shape index (κ2) is 6.63. The fraction of sp³-hybridized carbons (Fsp3) is 0.714. The monoisotopic (exact) mass is 296 g/mol. The molecule has 0 amide bonds. The van der Waals surface area contributed by atoms with Gasteiger partial charge in [-0.05, 0) is 32.9 Å². The number of ether oxygens (including phenoxy) is 1. The van der Waals surface area contributed by atoms with Gasteiger partial charge in [-0.3, -0.25) is 4.98 Å². The molecule has 1 aromatic rings. The number of thioether (sulfide) groups is 1. The third-order valence-corrected chi connectivity index (χ3v) is 5.20. The highest BCUT2D eigenvalue weighted by atomic mass is 32.2. The number of piperidine rings is 1. The first-order valence-electron chi connectivity index (χ1n) is 7.07. The molecule has 112 valence electrons. The summed E-state index contributed by atoms with van der Waals surface area (Å²) in [6, 6.07) is 0. The summed E-state index contributed by atoms with van der Waals surface area (Å²) >= 11 is 1.89. The van der Waals surface area contributed by atoms with Crippen LogP contribution < -0.4 is 15.4 Å². The summed E-state index contributed by atoms with van der Waals surface area (Å²) in [7, 11) is 0. The first kappa shape index (κ1) is 15.4. The maximum absolute atomic E-state index is 5.92. The van der Waals surface area contributed by atoms with Gasteiger partial charge in [0.05, 0.1) is 18.5 Å². The second-order valence-electron chi connectivity index (χ2n) is 5.46. The topological polar surface area (TPSA) is 64.3 Å². The molecule has 2 N–H and O–H groups in total. The van der Waals surface area contributed by atoms with Crippen molar-refractivity contribution in [3.63, 3.8) is 0 Å². The van der Waals surface area contributed by atoms with Crippen LogP contribution in [0.15, 0.2) is 12.4 Å². The Bertz CT molecular complexity index is 427. The fourth-order valence-electron chi connectivity index (χ4n) is 2.42. The first-order chi connectivity index (χ1) is 9.58. The fourth-order valence-corrected chi connectivity index (χ4v) is 3.18. The zero-order chi connectivity index (χ0) is 14.6. The van der Waals surface area contributed by atoms with Gasteiger partial charge >= 0.3 is 0 Å². The molecule has 1 saturated heterocycles. The molecule has 1 aromatic heterocycles. The molecule has 5 nitrogen and oxygen atoms in total. The minimum Gasteiger partial charge on any atom is -0.474 e. The lowest BCUT2D eigenvalue weighted by molar-refractivity contribution is 0.231. The number of hydrogen-bond donors (Lipinski definition) is 1. The minimum atomic E-state index is 0.113. The minimum absolute atomic E-state index is 0.113. The lowest BCUT2D eigenvalue weighted by Gasteiger charge is -2.40. The van der Waals surface area contributed by atoms with Crippen LogP contribution in [0.4, 0.5) is 5.82 Å². The SMILES string of the molecule is CSC1(CN)CCN(c2cncc(OC(C)C)n2)CC1. The van der Waals surface area contributed by atoms with Gasteiger partial charge in [-0.15, -0.1) is 0 Å². The van der Waals surface area contributed by atoms with Crippen molar-refractivity contribution in [1.82, 2.24) is 9.97 Å². The Morgan fingerprint density at radius 2 is 2.10 bits per heavy atom. The van der Waals surface area contributed by atoms with E-state index >= 15 is 0 Å². The predicted octanol–water partition coefficient (Wildman–Crippen LogP) is 1.92. The van der Waals surface area contributed by atoms with Crippen LogP contribution in [0.25, 0.3) is 0 Å². The Labute approximate surface area is 125 Å². The molecule has 0 atom stereocenters. The van der Waals surface area contributed by atoms with Crippen LogP contribution in [0.5, 0.6) is 5.88 Å². The molecule has 0 bridgehead atoms. The maximum Gasteiger partial charge on any atom is 0.234 e. The number of rotatable bonds is 5. The van der Waals surface area contributed by atoms with Crippen molar-refractivity contribution in [2.45, 2.75) is 37.5 Å². The van der Waals surface area contributed by atoms with Crippen LogP contribution in [-0.4, -0.2) is 46.7 Å². The molecule has 2 rings (SSSR count). The van der Waals surface area contributed by atoms with E-state index in [-0.39, 0.29) is 10.9 Å². The van der Waals surface area contributed by atoms with Crippen LogP contribution >= 0.6 is 11.8 Å². The lowest BCUT2D eigenvalue weighted by atomic mass is 9.96. The van der Waals surface area contributed by atoms with E-state index in [4.69, 9.17) is 10.5 Å². The van der Waals surface area contributed by atoms with Gasteiger partial charge in [0.2, 0.25) is 5.88 Å². The van der Waals surface area contributed by atoms with Crippen molar-refractivity contribution >= 4 is 17.6 Å². The summed E-state index contributed by atoms with van der Waals surface area (Å²) in [4.78, 5) is 11.0. The molecule has 0 saturated carbocycles. The Morgan fingerprint density at radius 1 is 1.40 bits per heavy atom. The molecule has 20 heavy (non-hydrogen) atoms. The van der Waals surface area contributed by atoms with Crippen molar-refractivity contribution in [3.05, 3.63) is 12.4 Å². The predicted molar refractivity (Wildman–Crippen MR) is 84.5 cm³/mol. The number of aromatic nitrogens is 2. The van der Waals surface area contributed by atoms with Crippen LogP contribution in [0, 0.1) is 0 Å². The zero-order valence-electron chi connectivity index (χ0n) is 12.5. The standard InChI is InChI=1S/C14H24N4OS/c1-11(2)19-13-9-16-8-12(17-13)18-6-4-14(10-15,20-3)5-7-18/h8-9,11H,4-7,10,15H2,1-3H3. The van der Waals surface area contributed by atoms with Crippen LogP contribution in [0.1, 0.15) is 26.7 Å². The Balaban J connectivity index is 2.03. The lowest BCUT2D eigenvalue weighted by Crippen LogP contribution is -2.46. The van der Waals surface area contributed by atoms with E-state index in [1.54, 1.807) is 6.20 Å². The van der Waals surface area contributed by atoms with Crippen molar-refractivity contribution in [3.8, 4) is 5.88 Å². The number of hydrogen-bond acceptors (Lipinski definition) is 6. The quantitative estimate of drug-likeness (QED) is 0.895. The third kappa shape index (κ3) is 3.55. The molecule has 2 heterocycles. The Morgan fingerprint density at radius 3 is 2.65 bits per heavy atom. The number of nitrogens with two attached hydrogens (primary N) is 1. The molecule has 0 spiro atoms. The van der Waals surface area contributed by atoms with E-state index in [0.717, 1.165) is 38.3 Å². The Hall–Kier alpha value is -1.01. The molecule has 0 unspecified atom stereocenters. The van der Waals surface area contributed by atoms with Gasteiger partial charge in [-0.25, -0.2) is 0 Å². The van der Waals surface area contributed by atoms with E-state index in [1.807, 2.05) is 31.8 Å². The normalized spacial score (nSPS) is 18.4. The molecule has 1 aliphatic rings. The average molecular weight is 296 g/mol. The van der Waals surface area contributed by atoms with Gasteiger partial charge < -0.3 is 15.4 Å². The molecule has 6 heteroatoms. The van der Waals surface area contributed by atoms with Gasteiger partial charge in [0, 0.05) is 24.4 Å². The largest absolute Gasteiger partial charge is 0.474 e. The van der Waals surface area contributed by atoms with E-state index < -0.39 is 0 Å². The van der Waals surface area contributed by atoms with Gasteiger partial charge in [0.1, 0.15) is 0 Å². The maximum atomic E-state index is 5.92. The van der Waals surface area contributed by atoms with Crippen LogP contribution in [-0.2, 0) is 0 Å². The van der Waals surface area contributed by atoms with Crippen molar-refractivity contribution in [1.29, 1.82) is 0 Å². The van der Waals surface area contributed by atoms with Gasteiger partial charge in [0.15, 0.2) is 5.82 Å². The molecule has 0 aliphatic carbocycles. The average Bonchev–Trinajstić information content (AvgIpc) is 2.47. The zero-order valence-corrected chi connectivity index (χ0v) is 13.3. The summed E-state index contributed by atoms with van der Waals surface area (Å²) in [5, 5.41) is 0. The molecular weight excluding hydrogens is 272 g/mol. The summed E-state index contributed by atoms with van der Waals surface area (Å²) in [6.07, 6.45) is 7.91. The highest BCUT2D eigenvalue weighted by molar-refractivity contribution is 8.00. The van der Waals surface area contributed by atoms with Crippen LogP contribution in [0.2, 0.25) is 0 Å².